The van der Waals surface area contributed by atoms with Crippen LogP contribution in [0.1, 0.15) is 36.4 Å². The Labute approximate surface area is 119 Å². The third-order valence-electron chi connectivity index (χ3n) is 3.01. The van der Waals surface area contributed by atoms with Gasteiger partial charge in [0, 0.05) is 10.5 Å². The molecule has 1 aliphatic heterocycles. The molecule has 0 unspecified atom stereocenters. The van der Waals surface area contributed by atoms with Crippen LogP contribution in [0, 0.1) is 0 Å². The number of rotatable bonds is 1. The highest BCUT2D eigenvalue weighted by atomic mass is 79.9. The van der Waals surface area contributed by atoms with Gasteiger partial charge in [-0.1, -0.05) is 22.4 Å². The van der Waals surface area contributed by atoms with E-state index in [2.05, 4.69) is 21.2 Å². The highest BCUT2D eigenvalue weighted by Gasteiger charge is 2.31. The van der Waals surface area contributed by atoms with E-state index in [1.165, 1.54) is 12.1 Å². The molecule has 1 aliphatic rings. The first-order valence-corrected chi connectivity index (χ1v) is 6.38. The van der Waals surface area contributed by atoms with Gasteiger partial charge in [-0.15, -0.1) is 12.4 Å². The molecule has 1 fully saturated rings. The molecule has 102 valence electrons. The van der Waals surface area contributed by atoms with E-state index in [1.807, 2.05) is 0 Å². The minimum absolute atomic E-state index is 0. The van der Waals surface area contributed by atoms with Crippen molar-refractivity contribution in [2.45, 2.75) is 31.5 Å². The summed E-state index contributed by atoms with van der Waals surface area (Å²) in [6, 6.07) is 3.86. The lowest BCUT2D eigenvalue weighted by atomic mass is 9.96. The molecular weight excluding hydrogens is 330 g/mol. The Morgan fingerprint density at radius 2 is 1.94 bits per heavy atom. The molecule has 1 aromatic rings. The van der Waals surface area contributed by atoms with Gasteiger partial charge in [0.25, 0.3) is 0 Å². The van der Waals surface area contributed by atoms with Gasteiger partial charge in [0.2, 0.25) is 0 Å². The maximum atomic E-state index is 12.6. The van der Waals surface area contributed by atoms with Crippen LogP contribution in [0.2, 0.25) is 0 Å². The van der Waals surface area contributed by atoms with Gasteiger partial charge in [-0.2, -0.15) is 13.2 Å². The van der Waals surface area contributed by atoms with Crippen LogP contribution in [-0.2, 0) is 6.18 Å². The Balaban J connectivity index is 0.00000162. The van der Waals surface area contributed by atoms with Gasteiger partial charge in [-0.3, -0.25) is 0 Å². The highest BCUT2D eigenvalue weighted by Crippen LogP contribution is 2.35. The smallest absolute Gasteiger partial charge is 0.310 e. The minimum Gasteiger partial charge on any atom is -0.310 e. The molecule has 18 heavy (non-hydrogen) atoms. The van der Waals surface area contributed by atoms with Crippen LogP contribution in [0.15, 0.2) is 22.7 Å². The molecule has 0 radical (unpaired) electrons. The minimum atomic E-state index is -4.27. The summed E-state index contributed by atoms with van der Waals surface area (Å²) in [4.78, 5) is 0. The topological polar surface area (TPSA) is 12.0 Å². The van der Waals surface area contributed by atoms with Crippen molar-refractivity contribution in [1.82, 2.24) is 5.32 Å². The molecule has 1 nitrogen and oxygen atoms in total. The lowest BCUT2D eigenvalue weighted by molar-refractivity contribution is -0.137. The third kappa shape index (κ3) is 3.62. The second kappa shape index (κ2) is 6.26. The number of hydrogen-bond acceptors (Lipinski definition) is 1. The lowest BCUT2D eigenvalue weighted by Crippen LogP contribution is -2.27. The number of halogens is 5. The fourth-order valence-corrected chi connectivity index (χ4v) is 2.63. The van der Waals surface area contributed by atoms with E-state index in [-0.39, 0.29) is 18.4 Å². The van der Waals surface area contributed by atoms with E-state index >= 15 is 0 Å². The Morgan fingerprint density at radius 3 is 2.50 bits per heavy atom. The van der Waals surface area contributed by atoms with Gasteiger partial charge in [0.15, 0.2) is 0 Å². The van der Waals surface area contributed by atoms with Gasteiger partial charge >= 0.3 is 6.18 Å². The first-order chi connectivity index (χ1) is 7.98. The molecule has 0 spiro atoms. The van der Waals surface area contributed by atoms with E-state index < -0.39 is 11.7 Å². The Morgan fingerprint density at radius 1 is 1.22 bits per heavy atom. The normalized spacial score (nSPS) is 20.3. The number of hydrogen-bond donors (Lipinski definition) is 1. The predicted molar refractivity (Wildman–Crippen MR) is 71.0 cm³/mol. The van der Waals surface area contributed by atoms with Crippen molar-refractivity contribution in [2.75, 3.05) is 6.54 Å². The quantitative estimate of drug-likeness (QED) is 0.778. The Hall–Kier alpha value is -0.260. The van der Waals surface area contributed by atoms with Crippen molar-refractivity contribution in [3.8, 4) is 0 Å². The predicted octanol–water partition coefficient (Wildman–Crippen LogP) is 4.70. The molecule has 6 heteroatoms. The summed E-state index contributed by atoms with van der Waals surface area (Å²) in [5.74, 6) is 0. The van der Waals surface area contributed by atoms with Crippen LogP contribution >= 0.6 is 28.3 Å². The van der Waals surface area contributed by atoms with Crippen LogP contribution in [0.5, 0.6) is 0 Å². The molecule has 0 aromatic heterocycles. The van der Waals surface area contributed by atoms with Crippen LogP contribution < -0.4 is 5.32 Å². The summed E-state index contributed by atoms with van der Waals surface area (Å²) in [5.41, 5.74) is 0.127. The largest absolute Gasteiger partial charge is 0.416 e. The molecule has 1 saturated heterocycles. The molecule has 0 bridgehead atoms. The Kier molecular flexibility index (Phi) is 5.49. The van der Waals surface area contributed by atoms with Crippen molar-refractivity contribution >= 4 is 28.3 Å². The molecule has 1 atom stereocenters. The molecule has 2 rings (SSSR count). The first kappa shape index (κ1) is 15.8. The lowest BCUT2D eigenvalue weighted by Gasteiger charge is -2.25. The molecule has 0 aliphatic carbocycles. The second-order valence-corrected chi connectivity index (χ2v) is 5.09. The summed E-state index contributed by atoms with van der Waals surface area (Å²) < 4.78 is 38.6. The average Bonchev–Trinajstić information content (AvgIpc) is 2.29. The first-order valence-electron chi connectivity index (χ1n) is 5.58. The number of piperidine rings is 1. The Bertz CT molecular complexity index is 403. The monoisotopic (exact) mass is 343 g/mol. The van der Waals surface area contributed by atoms with Gasteiger partial charge in [0.05, 0.1) is 5.56 Å². The van der Waals surface area contributed by atoms with E-state index in [9.17, 15) is 13.2 Å². The zero-order valence-corrected chi connectivity index (χ0v) is 12.0. The van der Waals surface area contributed by atoms with E-state index in [4.69, 9.17) is 0 Å². The van der Waals surface area contributed by atoms with E-state index in [0.29, 0.717) is 5.56 Å². The molecule has 0 saturated carbocycles. The van der Waals surface area contributed by atoms with Crippen molar-refractivity contribution < 1.29 is 13.2 Å². The van der Waals surface area contributed by atoms with Crippen molar-refractivity contribution in [3.05, 3.63) is 33.8 Å². The van der Waals surface area contributed by atoms with Crippen LogP contribution in [-0.4, -0.2) is 6.54 Å². The standard InChI is InChI=1S/C12H13BrF3N.ClH/c13-10-5-4-8(12(14,15)16)7-9(10)11-3-1-2-6-17-11;/h4-5,7,11,17H,1-3,6H2;1H/t11-;/m1./s1. The van der Waals surface area contributed by atoms with Gasteiger partial charge in [0.1, 0.15) is 0 Å². The maximum Gasteiger partial charge on any atom is 0.416 e. The van der Waals surface area contributed by atoms with Gasteiger partial charge in [-0.05, 0) is 43.1 Å². The maximum absolute atomic E-state index is 12.6. The molecule has 1 N–H and O–H groups in total. The zero-order valence-electron chi connectivity index (χ0n) is 9.56. The number of benzene rings is 1. The third-order valence-corrected chi connectivity index (χ3v) is 3.73. The highest BCUT2D eigenvalue weighted by molar-refractivity contribution is 9.10. The fourth-order valence-electron chi connectivity index (χ4n) is 2.10. The molecule has 0 amide bonds. The van der Waals surface area contributed by atoms with Crippen molar-refractivity contribution in [3.63, 3.8) is 0 Å². The number of alkyl halides is 3. The summed E-state index contributed by atoms with van der Waals surface area (Å²) >= 11 is 3.33. The zero-order chi connectivity index (χ0) is 12.5. The SMILES string of the molecule is Cl.FC(F)(F)c1ccc(Br)c([C@H]2CCCCN2)c1. The van der Waals surface area contributed by atoms with E-state index in [0.717, 1.165) is 36.3 Å². The van der Waals surface area contributed by atoms with Crippen LogP contribution in [0.25, 0.3) is 0 Å². The second-order valence-electron chi connectivity index (χ2n) is 4.24. The summed E-state index contributed by atoms with van der Waals surface area (Å²) in [6.07, 6.45) is -1.24. The van der Waals surface area contributed by atoms with Crippen molar-refractivity contribution in [1.29, 1.82) is 0 Å². The number of nitrogens with one attached hydrogen (secondary N) is 1. The van der Waals surface area contributed by atoms with Gasteiger partial charge in [-0.25, -0.2) is 0 Å². The molecular formula is C12H14BrClF3N. The summed E-state index contributed by atoms with van der Waals surface area (Å²) in [7, 11) is 0. The fraction of sp³-hybridized carbons (Fsp3) is 0.500. The molecule has 1 heterocycles. The van der Waals surface area contributed by atoms with Gasteiger partial charge < -0.3 is 5.32 Å². The average molecular weight is 345 g/mol. The van der Waals surface area contributed by atoms with Crippen LogP contribution in [0.4, 0.5) is 13.2 Å². The van der Waals surface area contributed by atoms with Crippen molar-refractivity contribution in [2.24, 2.45) is 0 Å². The van der Waals surface area contributed by atoms with E-state index in [1.54, 1.807) is 0 Å². The van der Waals surface area contributed by atoms with Crippen LogP contribution in [0.3, 0.4) is 0 Å². The summed E-state index contributed by atoms with van der Waals surface area (Å²) in [5, 5.41) is 3.26. The molecule has 1 aromatic carbocycles. The summed E-state index contributed by atoms with van der Waals surface area (Å²) in [6.45, 7) is 0.868.